The lowest BCUT2D eigenvalue weighted by atomic mass is 10.2. The zero-order valence-corrected chi connectivity index (χ0v) is 10.1. The van der Waals surface area contributed by atoms with Crippen LogP contribution in [0.15, 0.2) is 12.4 Å². The Bertz CT molecular complexity index is 359. The van der Waals surface area contributed by atoms with Crippen LogP contribution in [0.1, 0.15) is 18.7 Å². The van der Waals surface area contributed by atoms with Gasteiger partial charge in [0.1, 0.15) is 5.82 Å². The molecule has 88 valence electrons. The third-order valence-corrected chi connectivity index (χ3v) is 4.21. The summed E-state index contributed by atoms with van der Waals surface area (Å²) in [6.07, 6.45) is 6.66. The first kappa shape index (κ1) is 10.3. The van der Waals surface area contributed by atoms with Crippen LogP contribution in [0.5, 0.6) is 0 Å². The predicted molar refractivity (Wildman–Crippen MR) is 63.1 cm³/mol. The second-order valence-electron chi connectivity index (χ2n) is 5.20. The van der Waals surface area contributed by atoms with Gasteiger partial charge in [0.05, 0.1) is 6.54 Å². The van der Waals surface area contributed by atoms with E-state index in [1.54, 1.807) is 0 Å². The Kier molecular flexibility index (Phi) is 2.48. The van der Waals surface area contributed by atoms with E-state index in [0.717, 1.165) is 18.6 Å². The highest BCUT2D eigenvalue weighted by molar-refractivity contribution is 4.97. The van der Waals surface area contributed by atoms with Gasteiger partial charge in [-0.05, 0) is 19.9 Å². The van der Waals surface area contributed by atoms with E-state index < -0.39 is 0 Å². The van der Waals surface area contributed by atoms with Gasteiger partial charge in [-0.25, -0.2) is 4.98 Å². The zero-order chi connectivity index (χ0) is 11.1. The molecule has 4 heteroatoms. The Labute approximate surface area is 96.9 Å². The van der Waals surface area contributed by atoms with E-state index in [1.807, 2.05) is 12.4 Å². The summed E-state index contributed by atoms with van der Waals surface area (Å²) in [6, 6.07) is 1.55. The molecule has 2 unspecified atom stereocenters. The Balaban J connectivity index is 1.68. The van der Waals surface area contributed by atoms with Gasteiger partial charge in [0.2, 0.25) is 0 Å². The van der Waals surface area contributed by atoms with Gasteiger partial charge in [0, 0.05) is 44.6 Å². The lowest BCUT2D eigenvalue weighted by molar-refractivity contribution is 0.0814. The number of imidazole rings is 1. The fraction of sp³-hybridized carbons (Fsp3) is 0.750. The van der Waals surface area contributed by atoms with Gasteiger partial charge in [0.25, 0.3) is 0 Å². The smallest absolute Gasteiger partial charge is 0.122 e. The van der Waals surface area contributed by atoms with Crippen molar-refractivity contribution in [2.24, 2.45) is 7.05 Å². The fourth-order valence-corrected chi connectivity index (χ4v) is 3.08. The van der Waals surface area contributed by atoms with Crippen molar-refractivity contribution in [1.29, 1.82) is 0 Å². The van der Waals surface area contributed by atoms with Gasteiger partial charge in [-0.3, -0.25) is 9.80 Å². The third-order valence-electron chi connectivity index (χ3n) is 4.21. The molecular formula is C12H20N4. The third kappa shape index (κ3) is 1.66. The maximum Gasteiger partial charge on any atom is 0.122 e. The van der Waals surface area contributed by atoms with Crippen LogP contribution in [0.2, 0.25) is 0 Å². The average molecular weight is 220 g/mol. The standard InChI is InChI=1S/C12H20N4/c1-14-6-5-13-12(14)9-16-7-10-3-4-11(8-16)15(10)2/h5-6,10-11H,3-4,7-9H2,1-2H3. The van der Waals surface area contributed by atoms with Crippen molar-refractivity contribution in [3.05, 3.63) is 18.2 Å². The van der Waals surface area contributed by atoms with Crippen LogP contribution in [0.4, 0.5) is 0 Å². The van der Waals surface area contributed by atoms with E-state index in [-0.39, 0.29) is 0 Å². The number of aryl methyl sites for hydroxylation is 1. The number of aromatic nitrogens is 2. The molecule has 2 aliphatic rings. The van der Waals surface area contributed by atoms with E-state index in [4.69, 9.17) is 0 Å². The molecular weight excluding hydrogens is 200 g/mol. The molecule has 2 atom stereocenters. The van der Waals surface area contributed by atoms with Gasteiger partial charge in [-0.2, -0.15) is 0 Å². The quantitative estimate of drug-likeness (QED) is 0.733. The lowest BCUT2D eigenvalue weighted by Gasteiger charge is -2.38. The minimum atomic E-state index is 0.777. The number of nitrogens with zero attached hydrogens (tertiary/aromatic N) is 4. The second-order valence-corrected chi connectivity index (χ2v) is 5.20. The van der Waals surface area contributed by atoms with E-state index in [1.165, 1.54) is 31.8 Å². The Hall–Kier alpha value is -0.870. The molecule has 3 heterocycles. The molecule has 0 radical (unpaired) electrons. The van der Waals surface area contributed by atoms with Crippen molar-refractivity contribution >= 4 is 0 Å². The summed E-state index contributed by atoms with van der Waals surface area (Å²) in [5.74, 6) is 1.18. The number of likely N-dealkylation sites (N-methyl/N-ethyl adjacent to an activating group) is 1. The molecule has 4 nitrogen and oxygen atoms in total. The minimum absolute atomic E-state index is 0.777. The maximum atomic E-state index is 4.41. The Morgan fingerprint density at radius 2 is 1.94 bits per heavy atom. The van der Waals surface area contributed by atoms with Crippen LogP contribution >= 0.6 is 0 Å². The molecule has 3 rings (SSSR count). The highest BCUT2D eigenvalue weighted by Gasteiger charge is 2.37. The molecule has 0 amide bonds. The predicted octanol–water partition coefficient (Wildman–Crippen LogP) is 0.698. The number of hydrogen-bond acceptors (Lipinski definition) is 3. The SMILES string of the molecule is CN1C2CCC1CN(Cc1nccn1C)C2. The first-order chi connectivity index (χ1) is 7.74. The average Bonchev–Trinajstić information content (AvgIpc) is 2.73. The molecule has 0 aliphatic carbocycles. The highest BCUT2D eigenvalue weighted by atomic mass is 15.3. The first-order valence-corrected chi connectivity index (χ1v) is 6.14. The maximum absolute atomic E-state index is 4.41. The number of hydrogen-bond donors (Lipinski definition) is 0. The van der Waals surface area contributed by atoms with Crippen molar-refractivity contribution in [2.75, 3.05) is 20.1 Å². The van der Waals surface area contributed by atoms with E-state index in [9.17, 15) is 0 Å². The van der Waals surface area contributed by atoms with Gasteiger partial charge in [-0.15, -0.1) is 0 Å². The molecule has 0 spiro atoms. The minimum Gasteiger partial charge on any atom is -0.337 e. The van der Waals surface area contributed by atoms with Crippen LogP contribution in [0.3, 0.4) is 0 Å². The van der Waals surface area contributed by atoms with E-state index >= 15 is 0 Å². The summed E-state index contributed by atoms with van der Waals surface area (Å²) < 4.78 is 2.13. The monoisotopic (exact) mass is 220 g/mol. The van der Waals surface area contributed by atoms with Crippen LogP contribution in [-0.4, -0.2) is 51.6 Å². The number of likely N-dealkylation sites (tertiary alicyclic amines) is 1. The molecule has 0 N–H and O–H groups in total. The summed E-state index contributed by atoms with van der Waals surface area (Å²) in [7, 11) is 4.35. The van der Waals surface area contributed by atoms with Crippen LogP contribution < -0.4 is 0 Å². The van der Waals surface area contributed by atoms with Gasteiger partial charge >= 0.3 is 0 Å². The summed E-state index contributed by atoms with van der Waals surface area (Å²) in [5, 5.41) is 0. The van der Waals surface area contributed by atoms with Gasteiger partial charge in [-0.1, -0.05) is 0 Å². The summed E-state index contributed by atoms with van der Waals surface area (Å²) >= 11 is 0. The van der Waals surface area contributed by atoms with Crippen molar-refractivity contribution < 1.29 is 0 Å². The summed E-state index contributed by atoms with van der Waals surface area (Å²) in [4.78, 5) is 9.53. The van der Waals surface area contributed by atoms with Crippen molar-refractivity contribution in [3.8, 4) is 0 Å². The summed E-state index contributed by atoms with van der Waals surface area (Å²) in [5.41, 5.74) is 0. The van der Waals surface area contributed by atoms with Crippen molar-refractivity contribution in [2.45, 2.75) is 31.5 Å². The van der Waals surface area contributed by atoms with E-state index in [2.05, 4.69) is 33.4 Å². The van der Waals surface area contributed by atoms with Crippen molar-refractivity contribution in [1.82, 2.24) is 19.4 Å². The molecule has 2 saturated heterocycles. The molecule has 2 fully saturated rings. The molecule has 2 bridgehead atoms. The largest absolute Gasteiger partial charge is 0.337 e. The van der Waals surface area contributed by atoms with Crippen LogP contribution in [0.25, 0.3) is 0 Å². The normalized spacial score (nSPS) is 31.1. The zero-order valence-electron chi connectivity index (χ0n) is 10.1. The molecule has 0 aromatic carbocycles. The van der Waals surface area contributed by atoms with Crippen molar-refractivity contribution in [3.63, 3.8) is 0 Å². The van der Waals surface area contributed by atoms with Gasteiger partial charge in [0.15, 0.2) is 0 Å². The fourth-order valence-electron chi connectivity index (χ4n) is 3.08. The summed E-state index contributed by atoms with van der Waals surface area (Å²) in [6.45, 7) is 3.42. The first-order valence-electron chi connectivity index (χ1n) is 6.14. The lowest BCUT2D eigenvalue weighted by Crippen LogP contribution is -2.51. The van der Waals surface area contributed by atoms with Gasteiger partial charge < -0.3 is 4.57 Å². The molecule has 2 aliphatic heterocycles. The Morgan fingerprint density at radius 1 is 1.25 bits per heavy atom. The highest BCUT2D eigenvalue weighted by Crippen LogP contribution is 2.28. The molecule has 16 heavy (non-hydrogen) atoms. The van der Waals surface area contributed by atoms with Crippen LogP contribution in [0, 0.1) is 0 Å². The molecule has 1 aromatic rings. The second kappa shape index (κ2) is 3.86. The van der Waals surface area contributed by atoms with Crippen LogP contribution in [-0.2, 0) is 13.6 Å². The topological polar surface area (TPSA) is 24.3 Å². The Morgan fingerprint density at radius 3 is 2.50 bits per heavy atom. The number of fused-ring (bicyclic) bond motifs is 2. The van der Waals surface area contributed by atoms with E-state index in [0.29, 0.717) is 0 Å². The molecule has 1 aromatic heterocycles. The molecule has 0 saturated carbocycles. The number of piperazine rings is 1. The number of rotatable bonds is 2.